The average Bonchev–Trinajstić information content (AvgIpc) is 3.15. The summed E-state index contributed by atoms with van der Waals surface area (Å²) in [5.74, 6) is 0.484. The van der Waals surface area contributed by atoms with Gasteiger partial charge in [0.15, 0.2) is 0 Å². The summed E-state index contributed by atoms with van der Waals surface area (Å²) in [6.45, 7) is 0.707. The number of rotatable bonds is 2. The lowest BCUT2D eigenvalue weighted by Crippen LogP contribution is -2.43. The molecule has 1 aliphatic carbocycles. The van der Waals surface area contributed by atoms with Crippen molar-refractivity contribution in [2.75, 3.05) is 6.54 Å². The summed E-state index contributed by atoms with van der Waals surface area (Å²) in [5, 5.41) is 9.66. The Morgan fingerprint density at radius 2 is 2.11 bits per heavy atom. The molecule has 1 amide bonds. The number of carbonyl (C=O) groups excluding carboxylic acids is 1. The maximum atomic E-state index is 11.9. The van der Waals surface area contributed by atoms with Crippen molar-refractivity contribution in [3.05, 3.63) is 35.9 Å². The molecule has 3 atom stereocenters. The normalized spacial score (nSPS) is 29.6. The first-order valence-corrected chi connectivity index (χ1v) is 6.39. The molecule has 2 aliphatic rings. The van der Waals surface area contributed by atoms with E-state index in [9.17, 15) is 9.90 Å². The molecular weight excluding hydrogens is 230 g/mol. The molecule has 4 nitrogen and oxygen atoms in total. The zero-order chi connectivity index (χ0) is 12.5. The second-order valence-electron chi connectivity index (χ2n) is 5.15. The summed E-state index contributed by atoms with van der Waals surface area (Å²) < 4.78 is 5.29. The van der Waals surface area contributed by atoms with Crippen LogP contribution in [0.5, 0.6) is 0 Å². The number of β-amino-alcohol motifs (C(OH)–C–C–N with tert-alkyl or cyclic N) is 1. The smallest absolute Gasteiger partial charge is 0.410 e. The van der Waals surface area contributed by atoms with E-state index in [0.29, 0.717) is 25.1 Å². The maximum absolute atomic E-state index is 11.9. The summed E-state index contributed by atoms with van der Waals surface area (Å²) in [6, 6.07) is 9.93. The third-order valence-corrected chi connectivity index (χ3v) is 3.71. The van der Waals surface area contributed by atoms with Gasteiger partial charge in [-0.25, -0.2) is 4.79 Å². The zero-order valence-corrected chi connectivity index (χ0v) is 10.2. The largest absolute Gasteiger partial charge is 0.445 e. The summed E-state index contributed by atoms with van der Waals surface area (Å²) in [4.78, 5) is 13.6. The minimum Gasteiger partial charge on any atom is -0.445 e. The predicted molar refractivity (Wildman–Crippen MR) is 65.9 cm³/mol. The molecule has 18 heavy (non-hydrogen) atoms. The Labute approximate surface area is 106 Å². The van der Waals surface area contributed by atoms with E-state index in [1.807, 2.05) is 30.3 Å². The number of aliphatic hydroxyl groups excluding tert-OH is 1. The Balaban J connectivity index is 1.55. The molecule has 1 aromatic carbocycles. The molecule has 1 heterocycles. The number of nitrogens with zero attached hydrogens (tertiary/aromatic N) is 1. The van der Waals surface area contributed by atoms with Crippen LogP contribution in [0.15, 0.2) is 30.3 Å². The van der Waals surface area contributed by atoms with Gasteiger partial charge in [0.2, 0.25) is 0 Å². The van der Waals surface area contributed by atoms with Crippen LogP contribution < -0.4 is 0 Å². The number of fused-ring (bicyclic) bond motifs is 1. The average molecular weight is 247 g/mol. The number of aliphatic hydroxyl groups is 1. The summed E-state index contributed by atoms with van der Waals surface area (Å²) in [5.41, 5.74) is 0.982. The lowest BCUT2D eigenvalue weighted by molar-refractivity contribution is 0.0427. The van der Waals surface area contributed by atoms with E-state index in [0.717, 1.165) is 18.4 Å². The fourth-order valence-electron chi connectivity index (χ4n) is 2.67. The number of ether oxygens (including phenoxy) is 1. The van der Waals surface area contributed by atoms with Gasteiger partial charge in [0.25, 0.3) is 0 Å². The van der Waals surface area contributed by atoms with Gasteiger partial charge in [-0.15, -0.1) is 0 Å². The van der Waals surface area contributed by atoms with E-state index < -0.39 is 6.10 Å². The molecule has 0 aromatic heterocycles. The van der Waals surface area contributed by atoms with Crippen molar-refractivity contribution < 1.29 is 14.6 Å². The van der Waals surface area contributed by atoms with Gasteiger partial charge in [-0.1, -0.05) is 30.3 Å². The highest BCUT2D eigenvalue weighted by Crippen LogP contribution is 2.43. The fourth-order valence-corrected chi connectivity index (χ4v) is 2.67. The summed E-state index contributed by atoms with van der Waals surface area (Å²) in [7, 11) is 0. The molecule has 0 radical (unpaired) electrons. The van der Waals surface area contributed by atoms with E-state index in [4.69, 9.17) is 4.74 Å². The Morgan fingerprint density at radius 1 is 1.33 bits per heavy atom. The molecule has 1 aliphatic heterocycles. The van der Waals surface area contributed by atoms with Crippen LogP contribution in [0.25, 0.3) is 0 Å². The number of hydrogen-bond acceptors (Lipinski definition) is 3. The maximum Gasteiger partial charge on any atom is 0.410 e. The van der Waals surface area contributed by atoms with Crippen LogP contribution in [0.3, 0.4) is 0 Å². The van der Waals surface area contributed by atoms with Crippen molar-refractivity contribution in [2.45, 2.75) is 31.6 Å². The van der Waals surface area contributed by atoms with Crippen molar-refractivity contribution in [1.82, 2.24) is 4.90 Å². The number of likely N-dealkylation sites (tertiary alicyclic amines) is 1. The van der Waals surface area contributed by atoms with E-state index in [1.165, 1.54) is 0 Å². The van der Waals surface area contributed by atoms with Crippen molar-refractivity contribution >= 4 is 6.09 Å². The van der Waals surface area contributed by atoms with Crippen molar-refractivity contribution in [3.8, 4) is 0 Å². The molecule has 1 aromatic rings. The topological polar surface area (TPSA) is 49.8 Å². The molecule has 0 bridgehead atoms. The second-order valence-corrected chi connectivity index (χ2v) is 5.15. The fraction of sp³-hybridized carbons (Fsp3) is 0.500. The minimum atomic E-state index is -0.391. The molecule has 1 saturated carbocycles. The number of hydrogen-bond donors (Lipinski definition) is 1. The molecular formula is C14H17NO3. The second kappa shape index (κ2) is 4.61. The number of piperidine rings is 1. The molecule has 2 fully saturated rings. The van der Waals surface area contributed by atoms with Gasteiger partial charge in [0, 0.05) is 6.04 Å². The van der Waals surface area contributed by atoms with Crippen molar-refractivity contribution in [1.29, 1.82) is 0 Å². The zero-order valence-electron chi connectivity index (χ0n) is 10.2. The van der Waals surface area contributed by atoms with Crippen LogP contribution in [0, 0.1) is 5.92 Å². The highest BCUT2D eigenvalue weighted by Gasteiger charge is 2.49. The summed E-state index contributed by atoms with van der Waals surface area (Å²) >= 11 is 0. The Bertz CT molecular complexity index is 434. The van der Waals surface area contributed by atoms with Crippen LogP contribution in [0.2, 0.25) is 0 Å². The number of carbonyl (C=O) groups is 1. The highest BCUT2D eigenvalue weighted by molar-refractivity contribution is 5.69. The third-order valence-electron chi connectivity index (χ3n) is 3.71. The van der Waals surface area contributed by atoms with Crippen LogP contribution in [0.4, 0.5) is 4.79 Å². The van der Waals surface area contributed by atoms with E-state index >= 15 is 0 Å². The monoisotopic (exact) mass is 247 g/mol. The van der Waals surface area contributed by atoms with Gasteiger partial charge < -0.3 is 14.7 Å². The minimum absolute atomic E-state index is 0.295. The molecule has 4 heteroatoms. The van der Waals surface area contributed by atoms with Gasteiger partial charge in [0.05, 0.1) is 12.6 Å². The molecule has 0 spiro atoms. The number of benzene rings is 1. The first-order valence-electron chi connectivity index (χ1n) is 6.39. The van der Waals surface area contributed by atoms with E-state index in [-0.39, 0.29) is 6.09 Å². The van der Waals surface area contributed by atoms with Gasteiger partial charge in [-0.05, 0) is 24.3 Å². The molecule has 3 rings (SSSR count). The quantitative estimate of drug-likeness (QED) is 0.866. The van der Waals surface area contributed by atoms with Gasteiger partial charge in [-0.2, -0.15) is 0 Å². The van der Waals surface area contributed by atoms with E-state index in [1.54, 1.807) is 4.90 Å². The van der Waals surface area contributed by atoms with Crippen molar-refractivity contribution in [3.63, 3.8) is 0 Å². The molecule has 96 valence electrons. The van der Waals surface area contributed by atoms with E-state index in [2.05, 4.69) is 0 Å². The van der Waals surface area contributed by atoms with Gasteiger partial charge in [0.1, 0.15) is 6.61 Å². The van der Waals surface area contributed by atoms with Crippen molar-refractivity contribution in [2.24, 2.45) is 5.92 Å². The van der Waals surface area contributed by atoms with Crippen LogP contribution >= 0.6 is 0 Å². The van der Waals surface area contributed by atoms with Gasteiger partial charge >= 0.3 is 6.09 Å². The standard InChI is InChI=1S/C14H17NO3/c16-12-6-11-7-13(11)15(8-12)14(17)18-9-10-4-2-1-3-5-10/h1-5,11-13,16H,6-9H2. The van der Waals surface area contributed by atoms with Crippen LogP contribution in [-0.2, 0) is 11.3 Å². The molecule has 1 N–H and O–H groups in total. The lowest BCUT2D eigenvalue weighted by atomic mass is 10.1. The van der Waals surface area contributed by atoms with Crippen LogP contribution in [-0.4, -0.2) is 34.8 Å². The Hall–Kier alpha value is -1.55. The van der Waals surface area contributed by atoms with Gasteiger partial charge in [-0.3, -0.25) is 0 Å². The Kier molecular flexibility index (Phi) is 2.96. The predicted octanol–water partition coefficient (Wildman–Crippen LogP) is 1.78. The number of amides is 1. The summed E-state index contributed by atoms with van der Waals surface area (Å²) in [6.07, 6.45) is 1.15. The molecule has 3 unspecified atom stereocenters. The first-order chi connectivity index (χ1) is 8.74. The third kappa shape index (κ3) is 2.34. The SMILES string of the molecule is O=C(OCc1ccccc1)N1CC(O)CC2CC21. The first kappa shape index (κ1) is 11.5. The Morgan fingerprint density at radius 3 is 2.89 bits per heavy atom. The van der Waals surface area contributed by atoms with Crippen LogP contribution in [0.1, 0.15) is 18.4 Å². The lowest BCUT2D eigenvalue weighted by Gasteiger charge is -2.29. The molecule has 1 saturated heterocycles. The highest BCUT2D eigenvalue weighted by atomic mass is 16.6.